The molecular weight excluding hydrogens is 453 g/mol. The molecule has 0 spiro atoms. The summed E-state index contributed by atoms with van der Waals surface area (Å²) in [7, 11) is -3.53. The number of carbonyl (C=O) groups is 1. The summed E-state index contributed by atoms with van der Waals surface area (Å²) in [6.45, 7) is 1.50. The average Bonchev–Trinajstić information content (AvgIpc) is 2.82. The van der Waals surface area contributed by atoms with Gasteiger partial charge in [-0.2, -0.15) is 9.41 Å². The highest BCUT2D eigenvalue weighted by atomic mass is 32.2. The van der Waals surface area contributed by atoms with Crippen LogP contribution in [0.5, 0.6) is 0 Å². The molecule has 2 aromatic rings. The van der Waals surface area contributed by atoms with Crippen LogP contribution in [0.25, 0.3) is 0 Å². The van der Waals surface area contributed by atoms with E-state index in [2.05, 4.69) is 10.5 Å². The van der Waals surface area contributed by atoms with Gasteiger partial charge >= 0.3 is 0 Å². The highest BCUT2D eigenvalue weighted by Crippen LogP contribution is 2.30. The number of amides is 1. The van der Waals surface area contributed by atoms with Gasteiger partial charge in [0.25, 0.3) is 0 Å². The third kappa shape index (κ3) is 5.37. The summed E-state index contributed by atoms with van der Waals surface area (Å²) in [6, 6.07) is 11.2. The number of carbonyl (C=O) groups excluding carboxylic acids is 1. The Morgan fingerprint density at radius 3 is 2.66 bits per heavy atom. The molecule has 2 heterocycles. The minimum Gasteiger partial charge on any atom is -0.379 e. The van der Waals surface area contributed by atoms with Gasteiger partial charge in [0.15, 0.2) is 0 Å². The summed E-state index contributed by atoms with van der Waals surface area (Å²) in [5.74, 6) is 0.246. The Labute approximate surface area is 191 Å². The third-order valence-corrected chi connectivity index (χ3v) is 8.32. The van der Waals surface area contributed by atoms with Gasteiger partial charge in [0.2, 0.25) is 15.9 Å². The molecule has 2 aliphatic rings. The quantitative estimate of drug-likeness (QED) is 0.647. The van der Waals surface area contributed by atoms with Gasteiger partial charge in [-0.25, -0.2) is 18.2 Å². The molecule has 0 radical (unpaired) electrons. The van der Waals surface area contributed by atoms with Crippen LogP contribution in [0.4, 0.5) is 4.39 Å². The average molecular weight is 478 g/mol. The Balaban J connectivity index is 1.33. The van der Waals surface area contributed by atoms with Crippen LogP contribution in [0.1, 0.15) is 24.0 Å². The Hall–Kier alpha value is -2.27. The van der Waals surface area contributed by atoms with E-state index < -0.39 is 10.0 Å². The summed E-state index contributed by atoms with van der Waals surface area (Å²) < 4.78 is 45.6. The zero-order valence-electron chi connectivity index (χ0n) is 17.4. The van der Waals surface area contributed by atoms with E-state index in [1.165, 1.54) is 16.4 Å². The van der Waals surface area contributed by atoms with Crippen molar-refractivity contribution in [2.24, 2.45) is 5.10 Å². The molecule has 10 heteroatoms. The molecule has 1 saturated heterocycles. The lowest BCUT2D eigenvalue weighted by molar-refractivity contribution is -0.121. The molecule has 170 valence electrons. The molecule has 2 aliphatic heterocycles. The number of rotatable bonds is 6. The van der Waals surface area contributed by atoms with Gasteiger partial charge in [-0.05, 0) is 42.3 Å². The van der Waals surface area contributed by atoms with Crippen LogP contribution in [0.15, 0.2) is 57.4 Å². The van der Waals surface area contributed by atoms with Crippen molar-refractivity contribution in [2.45, 2.75) is 29.1 Å². The number of thioether (sulfide) groups is 1. The first-order chi connectivity index (χ1) is 15.4. The van der Waals surface area contributed by atoms with E-state index >= 15 is 0 Å². The fourth-order valence-corrected chi connectivity index (χ4v) is 5.99. The molecule has 2 aromatic carbocycles. The monoisotopic (exact) mass is 477 g/mol. The summed E-state index contributed by atoms with van der Waals surface area (Å²) in [4.78, 5) is 13.5. The fraction of sp³-hybridized carbons (Fsp3) is 0.364. The molecule has 1 N–H and O–H groups in total. The molecule has 0 unspecified atom stereocenters. The van der Waals surface area contributed by atoms with Crippen molar-refractivity contribution in [2.75, 3.05) is 32.1 Å². The summed E-state index contributed by atoms with van der Waals surface area (Å²) in [5.41, 5.74) is 4.81. The first-order valence-corrected chi connectivity index (χ1v) is 12.8. The predicted molar refractivity (Wildman–Crippen MR) is 121 cm³/mol. The summed E-state index contributed by atoms with van der Waals surface area (Å²) in [5, 5.41) is 4.22. The number of nitrogens with one attached hydrogen (secondary N) is 1. The van der Waals surface area contributed by atoms with E-state index in [9.17, 15) is 17.6 Å². The molecule has 32 heavy (non-hydrogen) atoms. The van der Waals surface area contributed by atoms with Crippen LogP contribution < -0.4 is 5.43 Å². The van der Waals surface area contributed by atoms with Crippen LogP contribution in [-0.4, -0.2) is 56.4 Å². The van der Waals surface area contributed by atoms with Crippen LogP contribution in [0.3, 0.4) is 0 Å². The highest BCUT2D eigenvalue weighted by Gasteiger charge is 2.26. The lowest BCUT2D eigenvalue weighted by Gasteiger charge is -2.26. The van der Waals surface area contributed by atoms with Gasteiger partial charge in [0.1, 0.15) is 5.82 Å². The number of benzene rings is 2. The maximum Gasteiger partial charge on any atom is 0.243 e. The zero-order valence-corrected chi connectivity index (χ0v) is 19.1. The topological polar surface area (TPSA) is 88.1 Å². The first-order valence-electron chi connectivity index (χ1n) is 10.4. The number of fused-ring (bicyclic) bond motifs is 1. The lowest BCUT2D eigenvalue weighted by atomic mass is 10.1. The fourth-order valence-electron chi connectivity index (χ4n) is 3.57. The van der Waals surface area contributed by atoms with Crippen molar-refractivity contribution in [1.29, 1.82) is 0 Å². The normalized spacial score (nSPS) is 18.3. The Kier molecular flexibility index (Phi) is 7.24. The van der Waals surface area contributed by atoms with E-state index in [0.29, 0.717) is 44.9 Å². The van der Waals surface area contributed by atoms with Gasteiger partial charge in [-0.3, -0.25) is 4.79 Å². The highest BCUT2D eigenvalue weighted by molar-refractivity contribution is 7.99. The van der Waals surface area contributed by atoms with E-state index in [-0.39, 0.29) is 23.0 Å². The van der Waals surface area contributed by atoms with Crippen LogP contribution in [0.2, 0.25) is 0 Å². The first kappa shape index (κ1) is 22.9. The molecular formula is C22H24FN3O4S2. The SMILES string of the molecule is O=C(CCc1ccc(S(=O)(=O)N2CCOCC2)cc1)N/N=C1\CCSc2ccc(F)cc21. The molecule has 0 aromatic heterocycles. The molecule has 1 fully saturated rings. The van der Waals surface area contributed by atoms with Gasteiger partial charge in [-0.15, -0.1) is 11.8 Å². The van der Waals surface area contributed by atoms with Crippen molar-refractivity contribution >= 4 is 33.4 Å². The number of ether oxygens (including phenoxy) is 1. The largest absolute Gasteiger partial charge is 0.379 e. The molecule has 0 saturated carbocycles. The minimum atomic E-state index is -3.53. The van der Waals surface area contributed by atoms with Gasteiger partial charge in [-0.1, -0.05) is 12.1 Å². The minimum absolute atomic E-state index is 0.205. The van der Waals surface area contributed by atoms with Crippen molar-refractivity contribution in [1.82, 2.24) is 9.73 Å². The molecule has 0 bridgehead atoms. The second kappa shape index (κ2) is 10.1. The number of hydrazone groups is 1. The molecule has 7 nitrogen and oxygen atoms in total. The second-order valence-electron chi connectivity index (χ2n) is 7.49. The van der Waals surface area contributed by atoms with Crippen molar-refractivity contribution in [3.05, 3.63) is 59.4 Å². The lowest BCUT2D eigenvalue weighted by Crippen LogP contribution is -2.40. The Morgan fingerprint density at radius 2 is 1.91 bits per heavy atom. The number of aryl methyl sites for hydroxylation is 1. The standard InChI is InChI=1S/C22H24FN3O4S2/c23-17-4-7-21-19(15-17)20(9-14-31-21)24-25-22(27)8-3-16-1-5-18(6-2-16)32(28,29)26-10-12-30-13-11-26/h1-2,4-7,15H,3,8-14H2,(H,25,27)/b24-20+. The second-order valence-corrected chi connectivity index (χ2v) is 10.6. The number of hydrogen-bond donors (Lipinski definition) is 1. The molecule has 0 aliphatic carbocycles. The number of halogens is 1. The summed E-state index contributed by atoms with van der Waals surface area (Å²) >= 11 is 1.64. The number of morpholine rings is 1. The van der Waals surface area contributed by atoms with Crippen LogP contribution >= 0.6 is 11.8 Å². The van der Waals surface area contributed by atoms with Gasteiger partial charge < -0.3 is 4.74 Å². The molecule has 4 rings (SSSR count). The smallest absolute Gasteiger partial charge is 0.243 e. The van der Waals surface area contributed by atoms with Crippen molar-refractivity contribution < 1.29 is 22.3 Å². The van der Waals surface area contributed by atoms with E-state index in [4.69, 9.17) is 4.74 Å². The number of nitrogens with zero attached hydrogens (tertiary/aromatic N) is 2. The Morgan fingerprint density at radius 1 is 1.16 bits per heavy atom. The van der Waals surface area contributed by atoms with E-state index in [1.54, 1.807) is 42.1 Å². The van der Waals surface area contributed by atoms with Gasteiger partial charge in [0, 0.05) is 42.1 Å². The molecule has 1 amide bonds. The Bertz CT molecular complexity index is 1110. The molecule has 0 atom stereocenters. The predicted octanol–water partition coefficient (Wildman–Crippen LogP) is 2.80. The van der Waals surface area contributed by atoms with E-state index in [0.717, 1.165) is 21.8 Å². The van der Waals surface area contributed by atoms with Gasteiger partial charge in [0.05, 0.1) is 23.8 Å². The zero-order chi connectivity index (χ0) is 22.6. The van der Waals surface area contributed by atoms with Crippen molar-refractivity contribution in [3.63, 3.8) is 0 Å². The number of hydrogen-bond acceptors (Lipinski definition) is 6. The number of sulfonamides is 1. The van der Waals surface area contributed by atoms with Crippen LogP contribution in [-0.2, 0) is 26.0 Å². The maximum atomic E-state index is 13.6. The van der Waals surface area contributed by atoms with Crippen LogP contribution in [0, 0.1) is 5.82 Å². The maximum absolute atomic E-state index is 13.6. The third-order valence-electron chi connectivity index (χ3n) is 5.34. The van der Waals surface area contributed by atoms with Crippen molar-refractivity contribution in [3.8, 4) is 0 Å². The van der Waals surface area contributed by atoms with E-state index in [1.807, 2.05) is 0 Å². The summed E-state index contributed by atoms with van der Waals surface area (Å²) in [6.07, 6.45) is 1.31.